The Morgan fingerprint density at radius 1 is 1.16 bits per heavy atom. The summed E-state index contributed by atoms with van der Waals surface area (Å²) in [7, 11) is -7.32. The van der Waals surface area contributed by atoms with Crippen molar-refractivity contribution in [3.8, 4) is 0 Å². The van der Waals surface area contributed by atoms with E-state index in [1.54, 1.807) is 6.92 Å². The van der Waals surface area contributed by atoms with Crippen molar-refractivity contribution in [1.29, 1.82) is 0 Å². The molecular weight excluding hydrogens is 290 g/mol. The molecule has 0 spiro atoms. The van der Waals surface area contributed by atoms with Crippen molar-refractivity contribution in [2.45, 2.75) is 11.8 Å². The summed E-state index contributed by atoms with van der Waals surface area (Å²) >= 11 is 0. The molecule has 1 aromatic rings. The van der Waals surface area contributed by atoms with Crippen LogP contribution in [0.5, 0.6) is 0 Å². The van der Waals surface area contributed by atoms with Crippen molar-refractivity contribution in [2.24, 2.45) is 0 Å². The highest BCUT2D eigenvalue weighted by Gasteiger charge is 2.07. The summed E-state index contributed by atoms with van der Waals surface area (Å²) < 4.78 is 52.7. The van der Waals surface area contributed by atoms with Crippen LogP contribution in [0, 0.1) is 0 Å². The van der Waals surface area contributed by atoms with Gasteiger partial charge >= 0.3 is 0 Å². The molecule has 0 saturated carbocycles. The van der Waals surface area contributed by atoms with E-state index in [1.807, 2.05) is 0 Å². The summed E-state index contributed by atoms with van der Waals surface area (Å²) in [5, 5.41) is 4.02. The van der Waals surface area contributed by atoms with E-state index in [2.05, 4.69) is 5.32 Å². The largest absolute Gasteiger partial charge is 0.382 e. The number of benzene rings is 1. The van der Waals surface area contributed by atoms with E-state index in [4.69, 9.17) is 4.55 Å². The Morgan fingerprint density at radius 3 is 2.21 bits per heavy atom. The topological polar surface area (TPSA) is 101 Å². The van der Waals surface area contributed by atoms with E-state index >= 15 is 0 Å². The number of anilines is 1. The maximum atomic E-state index is 11.2. The van der Waals surface area contributed by atoms with Crippen LogP contribution in [-0.2, 0) is 20.0 Å². The summed E-state index contributed by atoms with van der Waals surface area (Å²) in [4.78, 5) is -0.192. The Bertz CT molecular complexity index is 645. The quantitative estimate of drug-likeness (QED) is 0.768. The van der Waals surface area contributed by atoms with Crippen LogP contribution in [0.1, 0.15) is 6.92 Å². The van der Waals surface area contributed by atoms with Crippen LogP contribution >= 0.6 is 0 Å². The molecule has 0 unspecified atom stereocenters. The standard InChI is InChI=1S/C11H15NO5S2/c1-2-18(13,14)9-3-8-12-10-4-6-11(7-5-10)19(15,16)17/h3-7,9,12H,2,8H2,1H3,(H,15,16,17). The lowest BCUT2D eigenvalue weighted by atomic mass is 10.3. The summed E-state index contributed by atoms with van der Waals surface area (Å²) in [6.07, 6.45) is 1.47. The molecule has 0 aliphatic carbocycles. The van der Waals surface area contributed by atoms with Crippen molar-refractivity contribution in [1.82, 2.24) is 0 Å². The molecule has 8 heteroatoms. The second-order valence-corrected chi connectivity index (χ2v) is 7.30. The maximum absolute atomic E-state index is 11.2. The average molecular weight is 305 g/mol. The smallest absolute Gasteiger partial charge is 0.294 e. The zero-order valence-electron chi connectivity index (χ0n) is 10.3. The van der Waals surface area contributed by atoms with E-state index in [0.29, 0.717) is 12.2 Å². The van der Waals surface area contributed by atoms with Gasteiger partial charge in [0, 0.05) is 17.6 Å². The number of rotatable bonds is 6. The van der Waals surface area contributed by atoms with Crippen molar-refractivity contribution < 1.29 is 21.4 Å². The van der Waals surface area contributed by atoms with Crippen LogP contribution in [0.4, 0.5) is 5.69 Å². The first-order chi connectivity index (χ1) is 8.74. The van der Waals surface area contributed by atoms with Crippen LogP contribution in [0.2, 0.25) is 0 Å². The van der Waals surface area contributed by atoms with E-state index in [9.17, 15) is 16.8 Å². The molecule has 2 N–H and O–H groups in total. The molecular formula is C11H15NO5S2. The highest BCUT2D eigenvalue weighted by Crippen LogP contribution is 2.13. The fourth-order valence-corrected chi connectivity index (χ4v) is 2.27. The average Bonchev–Trinajstić information content (AvgIpc) is 2.34. The number of hydrogen-bond acceptors (Lipinski definition) is 5. The summed E-state index contributed by atoms with van der Waals surface area (Å²) in [6, 6.07) is 5.46. The van der Waals surface area contributed by atoms with Gasteiger partial charge in [-0.15, -0.1) is 0 Å². The fraction of sp³-hybridized carbons (Fsp3) is 0.273. The SMILES string of the molecule is CCS(=O)(=O)C=CCNc1ccc(S(=O)(=O)O)cc1. The van der Waals surface area contributed by atoms with Crippen LogP contribution in [0.25, 0.3) is 0 Å². The first-order valence-electron chi connectivity index (χ1n) is 5.45. The van der Waals surface area contributed by atoms with Gasteiger partial charge in [-0.3, -0.25) is 4.55 Å². The Kier molecular flexibility index (Phi) is 5.10. The zero-order valence-corrected chi connectivity index (χ0v) is 11.9. The summed E-state index contributed by atoms with van der Waals surface area (Å²) in [5.41, 5.74) is 0.617. The van der Waals surface area contributed by atoms with E-state index in [0.717, 1.165) is 5.41 Å². The van der Waals surface area contributed by atoms with Gasteiger partial charge in [0.25, 0.3) is 10.1 Å². The molecule has 6 nitrogen and oxygen atoms in total. The molecule has 1 aromatic carbocycles. The molecule has 0 saturated heterocycles. The lowest BCUT2D eigenvalue weighted by Gasteiger charge is -2.03. The lowest BCUT2D eigenvalue weighted by molar-refractivity contribution is 0.483. The first kappa shape index (κ1) is 15.7. The van der Waals surface area contributed by atoms with Gasteiger partial charge in [0.05, 0.1) is 10.6 Å². The predicted molar refractivity (Wildman–Crippen MR) is 73.3 cm³/mol. The molecule has 0 aliphatic rings. The highest BCUT2D eigenvalue weighted by molar-refractivity contribution is 7.94. The van der Waals surface area contributed by atoms with E-state index in [1.165, 1.54) is 30.3 Å². The molecule has 0 atom stereocenters. The van der Waals surface area contributed by atoms with E-state index in [-0.39, 0.29) is 10.6 Å². The first-order valence-corrected chi connectivity index (χ1v) is 8.61. The predicted octanol–water partition coefficient (Wildman–Crippen LogP) is 1.29. The van der Waals surface area contributed by atoms with Crippen molar-refractivity contribution in [3.05, 3.63) is 35.7 Å². The molecule has 0 heterocycles. The van der Waals surface area contributed by atoms with Crippen LogP contribution in [0.3, 0.4) is 0 Å². The molecule has 19 heavy (non-hydrogen) atoms. The Hall–Kier alpha value is -1.38. The molecule has 1 rings (SSSR count). The third-order valence-electron chi connectivity index (χ3n) is 2.28. The van der Waals surface area contributed by atoms with Gasteiger partial charge in [-0.05, 0) is 24.3 Å². The second-order valence-electron chi connectivity index (χ2n) is 3.70. The Morgan fingerprint density at radius 2 is 1.74 bits per heavy atom. The number of nitrogens with one attached hydrogen (secondary N) is 1. The van der Waals surface area contributed by atoms with Crippen molar-refractivity contribution >= 4 is 25.6 Å². The zero-order chi connectivity index (χ0) is 14.5. The number of hydrogen-bond donors (Lipinski definition) is 2. The van der Waals surface area contributed by atoms with Gasteiger partial charge in [-0.25, -0.2) is 8.42 Å². The molecule has 0 amide bonds. The molecule has 0 aromatic heterocycles. The minimum atomic E-state index is -4.19. The van der Waals surface area contributed by atoms with Gasteiger partial charge in [-0.1, -0.05) is 13.0 Å². The molecule has 0 radical (unpaired) electrons. The van der Waals surface area contributed by atoms with Gasteiger partial charge in [0.1, 0.15) is 0 Å². The van der Waals surface area contributed by atoms with Gasteiger partial charge < -0.3 is 5.32 Å². The van der Waals surface area contributed by atoms with Crippen LogP contribution in [-0.4, -0.2) is 33.7 Å². The third-order valence-corrected chi connectivity index (χ3v) is 4.56. The monoisotopic (exact) mass is 305 g/mol. The minimum absolute atomic E-state index is 0.0482. The Labute approximate surface area is 112 Å². The minimum Gasteiger partial charge on any atom is -0.382 e. The molecule has 0 bridgehead atoms. The fourth-order valence-electron chi connectivity index (χ4n) is 1.21. The molecule has 106 valence electrons. The highest BCUT2D eigenvalue weighted by atomic mass is 32.2. The third kappa shape index (κ3) is 5.41. The summed E-state index contributed by atoms with van der Waals surface area (Å²) in [5.74, 6) is 0.0482. The summed E-state index contributed by atoms with van der Waals surface area (Å²) in [6.45, 7) is 1.85. The van der Waals surface area contributed by atoms with Gasteiger partial charge in [0.2, 0.25) is 0 Å². The van der Waals surface area contributed by atoms with Gasteiger partial charge in [0.15, 0.2) is 9.84 Å². The molecule has 0 aliphatic heterocycles. The normalized spacial score (nSPS) is 12.7. The van der Waals surface area contributed by atoms with E-state index < -0.39 is 20.0 Å². The lowest BCUT2D eigenvalue weighted by Crippen LogP contribution is -2.02. The molecule has 0 fully saturated rings. The number of sulfone groups is 1. The van der Waals surface area contributed by atoms with Crippen LogP contribution in [0.15, 0.2) is 40.6 Å². The Balaban J connectivity index is 2.61. The van der Waals surface area contributed by atoms with Crippen LogP contribution < -0.4 is 5.32 Å². The second kappa shape index (κ2) is 6.18. The maximum Gasteiger partial charge on any atom is 0.294 e. The van der Waals surface area contributed by atoms with Gasteiger partial charge in [-0.2, -0.15) is 8.42 Å². The van der Waals surface area contributed by atoms with Crippen molar-refractivity contribution in [2.75, 3.05) is 17.6 Å². The van der Waals surface area contributed by atoms with Crippen molar-refractivity contribution in [3.63, 3.8) is 0 Å².